The van der Waals surface area contributed by atoms with Crippen molar-refractivity contribution in [1.82, 2.24) is 4.90 Å². The number of anilines is 1. The van der Waals surface area contributed by atoms with Crippen LogP contribution in [0.4, 0.5) is 5.69 Å². The van der Waals surface area contributed by atoms with Crippen molar-refractivity contribution in [2.45, 2.75) is 6.54 Å². The number of halogens is 1. The molecule has 0 spiro atoms. The summed E-state index contributed by atoms with van der Waals surface area (Å²) in [5, 5.41) is 0. The molecule has 1 saturated heterocycles. The van der Waals surface area contributed by atoms with Crippen LogP contribution in [0.3, 0.4) is 0 Å². The SMILES string of the molecule is COc1cccc(N2CCN(Cc3ccc(Br)s3)CC2)c1. The highest BCUT2D eigenvalue weighted by molar-refractivity contribution is 9.11. The average Bonchev–Trinajstić information content (AvgIpc) is 2.93. The van der Waals surface area contributed by atoms with Crippen molar-refractivity contribution in [3.63, 3.8) is 0 Å². The van der Waals surface area contributed by atoms with Gasteiger partial charge in [-0.05, 0) is 40.2 Å². The van der Waals surface area contributed by atoms with E-state index in [1.54, 1.807) is 7.11 Å². The maximum Gasteiger partial charge on any atom is 0.120 e. The second-order valence-electron chi connectivity index (χ2n) is 5.17. The fourth-order valence-electron chi connectivity index (χ4n) is 2.63. The zero-order chi connectivity index (χ0) is 14.7. The quantitative estimate of drug-likeness (QED) is 0.817. The van der Waals surface area contributed by atoms with Gasteiger partial charge in [0.15, 0.2) is 0 Å². The van der Waals surface area contributed by atoms with Gasteiger partial charge in [0.25, 0.3) is 0 Å². The Morgan fingerprint density at radius 2 is 1.95 bits per heavy atom. The second kappa shape index (κ2) is 6.81. The van der Waals surface area contributed by atoms with Crippen LogP contribution in [-0.4, -0.2) is 38.2 Å². The van der Waals surface area contributed by atoms with Crippen molar-refractivity contribution in [3.8, 4) is 5.75 Å². The van der Waals surface area contributed by atoms with Gasteiger partial charge in [-0.3, -0.25) is 4.90 Å². The van der Waals surface area contributed by atoms with E-state index in [1.807, 2.05) is 17.4 Å². The van der Waals surface area contributed by atoms with Gasteiger partial charge in [0.05, 0.1) is 10.9 Å². The first-order valence-electron chi connectivity index (χ1n) is 7.10. The lowest BCUT2D eigenvalue weighted by Gasteiger charge is -2.36. The lowest BCUT2D eigenvalue weighted by molar-refractivity contribution is 0.252. The molecule has 112 valence electrons. The summed E-state index contributed by atoms with van der Waals surface area (Å²) >= 11 is 5.36. The van der Waals surface area contributed by atoms with E-state index >= 15 is 0 Å². The molecule has 1 aliphatic rings. The summed E-state index contributed by atoms with van der Waals surface area (Å²) < 4.78 is 6.52. The number of thiophene rings is 1. The number of hydrogen-bond acceptors (Lipinski definition) is 4. The predicted octanol–water partition coefficient (Wildman–Crippen LogP) is 3.84. The first-order valence-corrected chi connectivity index (χ1v) is 8.71. The smallest absolute Gasteiger partial charge is 0.120 e. The third kappa shape index (κ3) is 3.78. The third-order valence-corrected chi connectivity index (χ3v) is 5.41. The number of benzene rings is 1. The highest BCUT2D eigenvalue weighted by Crippen LogP contribution is 2.25. The largest absolute Gasteiger partial charge is 0.497 e. The fourth-order valence-corrected chi connectivity index (χ4v) is 4.15. The lowest BCUT2D eigenvalue weighted by atomic mass is 10.2. The molecule has 3 rings (SSSR count). The molecule has 3 nitrogen and oxygen atoms in total. The first kappa shape index (κ1) is 14.9. The van der Waals surface area contributed by atoms with Crippen molar-refractivity contribution in [1.29, 1.82) is 0 Å². The van der Waals surface area contributed by atoms with Gasteiger partial charge in [-0.25, -0.2) is 0 Å². The van der Waals surface area contributed by atoms with Crippen LogP contribution in [0.2, 0.25) is 0 Å². The van der Waals surface area contributed by atoms with E-state index in [2.05, 4.69) is 56.1 Å². The Hall–Kier alpha value is -1.04. The van der Waals surface area contributed by atoms with Crippen molar-refractivity contribution in [2.24, 2.45) is 0 Å². The maximum absolute atomic E-state index is 5.31. The lowest BCUT2D eigenvalue weighted by Crippen LogP contribution is -2.45. The Morgan fingerprint density at radius 1 is 1.14 bits per heavy atom. The molecular formula is C16H19BrN2OS. The zero-order valence-electron chi connectivity index (χ0n) is 12.1. The summed E-state index contributed by atoms with van der Waals surface area (Å²) in [4.78, 5) is 6.38. The summed E-state index contributed by atoms with van der Waals surface area (Å²) in [6.45, 7) is 5.40. The Morgan fingerprint density at radius 3 is 2.62 bits per heavy atom. The van der Waals surface area contributed by atoms with E-state index in [9.17, 15) is 0 Å². The topological polar surface area (TPSA) is 15.7 Å². The summed E-state index contributed by atoms with van der Waals surface area (Å²) in [5.41, 5.74) is 1.26. The molecule has 0 bridgehead atoms. The zero-order valence-corrected chi connectivity index (χ0v) is 14.5. The van der Waals surface area contributed by atoms with Crippen LogP contribution in [0, 0.1) is 0 Å². The molecule has 0 saturated carbocycles. The van der Waals surface area contributed by atoms with Crippen LogP contribution in [0.25, 0.3) is 0 Å². The number of ether oxygens (including phenoxy) is 1. The molecule has 1 aromatic carbocycles. The summed E-state index contributed by atoms with van der Waals surface area (Å²) in [7, 11) is 1.72. The normalized spacial score (nSPS) is 16.2. The number of piperazine rings is 1. The summed E-state index contributed by atoms with van der Waals surface area (Å²) in [6, 6.07) is 12.7. The van der Waals surface area contributed by atoms with Crippen molar-refractivity contribution in [2.75, 3.05) is 38.2 Å². The van der Waals surface area contributed by atoms with E-state index in [-0.39, 0.29) is 0 Å². The van der Waals surface area contributed by atoms with E-state index in [0.29, 0.717) is 0 Å². The molecule has 0 amide bonds. The molecule has 1 aliphatic heterocycles. The minimum atomic E-state index is 0.929. The molecule has 1 aromatic heterocycles. The molecule has 21 heavy (non-hydrogen) atoms. The second-order valence-corrected chi connectivity index (χ2v) is 7.72. The Bertz CT molecular complexity index is 593. The molecule has 0 aliphatic carbocycles. The number of hydrogen-bond donors (Lipinski definition) is 0. The highest BCUT2D eigenvalue weighted by atomic mass is 79.9. The minimum absolute atomic E-state index is 0.929. The van der Waals surface area contributed by atoms with Crippen molar-refractivity contribution >= 4 is 33.0 Å². The van der Waals surface area contributed by atoms with E-state index in [1.165, 1.54) is 14.4 Å². The standard InChI is InChI=1S/C16H19BrN2OS/c1-20-14-4-2-3-13(11-14)19-9-7-18(8-10-19)12-15-5-6-16(17)21-15/h2-6,11H,7-10,12H2,1H3. The Labute approximate surface area is 138 Å². The average molecular weight is 367 g/mol. The molecule has 2 aromatic rings. The summed E-state index contributed by atoms with van der Waals surface area (Å²) in [6.07, 6.45) is 0. The molecule has 1 fully saturated rings. The van der Waals surface area contributed by atoms with Gasteiger partial charge < -0.3 is 9.64 Å². The molecule has 0 unspecified atom stereocenters. The van der Waals surface area contributed by atoms with Gasteiger partial charge in [0, 0.05) is 49.4 Å². The van der Waals surface area contributed by atoms with Gasteiger partial charge >= 0.3 is 0 Å². The minimum Gasteiger partial charge on any atom is -0.497 e. The van der Waals surface area contributed by atoms with Crippen LogP contribution in [0.5, 0.6) is 5.75 Å². The van der Waals surface area contributed by atoms with Crippen LogP contribution >= 0.6 is 27.3 Å². The molecule has 0 radical (unpaired) electrons. The van der Waals surface area contributed by atoms with Crippen LogP contribution in [0.1, 0.15) is 4.88 Å². The Kier molecular flexibility index (Phi) is 4.83. The molecule has 0 N–H and O–H groups in total. The first-order chi connectivity index (χ1) is 10.2. The Balaban J connectivity index is 1.57. The fraction of sp³-hybridized carbons (Fsp3) is 0.375. The van der Waals surface area contributed by atoms with Crippen molar-refractivity contribution < 1.29 is 4.74 Å². The summed E-state index contributed by atoms with van der Waals surface area (Å²) in [5.74, 6) is 0.929. The van der Waals surface area contributed by atoms with Crippen LogP contribution < -0.4 is 9.64 Å². The van der Waals surface area contributed by atoms with Crippen LogP contribution in [0.15, 0.2) is 40.2 Å². The monoisotopic (exact) mass is 366 g/mol. The van der Waals surface area contributed by atoms with Gasteiger partial charge in [-0.15, -0.1) is 11.3 Å². The van der Waals surface area contributed by atoms with Gasteiger partial charge in [-0.2, -0.15) is 0 Å². The molecule has 0 atom stereocenters. The van der Waals surface area contributed by atoms with Gasteiger partial charge in [0.1, 0.15) is 5.75 Å². The number of rotatable bonds is 4. The molecular weight excluding hydrogens is 348 g/mol. The number of nitrogens with zero attached hydrogens (tertiary/aromatic N) is 2. The molecule has 2 heterocycles. The maximum atomic E-state index is 5.31. The van der Waals surface area contributed by atoms with E-state index in [0.717, 1.165) is 38.5 Å². The van der Waals surface area contributed by atoms with Crippen molar-refractivity contribution in [3.05, 3.63) is 45.1 Å². The van der Waals surface area contributed by atoms with Gasteiger partial charge in [-0.1, -0.05) is 6.07 Å². The van der Waals surface area contributed by atoms with Gasteiger partial charge in [0.2, 0.25) is 0 Å². The highest BCUT2D eigenvalue weighted by Gasteiger charge is 2.18. The number of methoxy groups -OCH3 is 1. The van der Waals surface area contributed by atoms with E-state index < -0.39 is 0 Å². The molecule has 5 heteroatoms. The third-order valence-electron chi connectivity index (χ3n) is 3.80. The van der Waals surface area contributed by atoms with Crippen LogP contribution in [-0.2, 0) is 6.54 Å². The predicted molar refractivity (Wildman–Crippen MR) is 92.5 cm³/mol. The van der Waals surface area contributed by atoms with E-state index in [4.69, 9.17) is 4.74 Å².